The molecule has 0 spiro atoms. The topological polar surface area (TPSA) is 41.8 Å². The van der Waals surface area contributed by atoms with E-state index in [2.05, 4.69) is 19.0 Å². The number of rotatable bonds is 5. The molecule has 0 heterocycles. The van der Waals surface area contributed by atoms with Gasteiger partial charge in [0.2, 0.25) is 0 Å². The minimum atomic E-state index is 0.523. The molecule has 0 radical (unpaired) electrons. The van der Waals surface area contributed by atoms with Crippen molar-refractivity contribution in [1.82, 2.24) is 0 Å². The summed E-state index contributed by atoms with van der Waals surface area (Å²) in [4.78, 5) is 0. The number of ether oxygens (including phenoxy) is 1. The van der Waals surface area contributed by atoms with E-state index >= 15 is 0 Å². The van der Waals surface area contributed by atoms with Gasteiger partial charge in [0.1, 0.15) is 5.75 Å². The first-order valence-corrected chi connectivity index (χ1v) is 6.01. The second-order valence-electron chi connectivity index (χ2n) is 4.51. The highest BCUT2D eigenvalue weighted by Gasteiger charge is 2.09. The Labute approximate surface area is 103 Å². The highest BCUT2D eigenvalue weighted by atomic mass is 16.5. The monoisotopic (exact) mass is 235 g/mol. The molecule has 0 saturated carbocycles. The van der Waals surface area contributed by atoms with Gasteiger partial charge in [0, 0.05) is 5.56 Å². The fourth-order valence-corrected chi connectivity index (χ4v) is 1.45. The minimum absolute atomic E-state index is 0.523. The molecule has 3 heteroatoms. The Balaban J connectivity index is 2.91. The first-order chi connectivity index (χ1) is 8.08. The van der Waals surface area contributed by atoms with E-state index in [4.69, 9.17) is 9.94 Å². The first kappa shape index (κ1) is 13.6. The van der Waals surface area contributed by atoms with Gasteiger partial charge in [-0.25, -0.2) is 0 Å². The molecule has 94 valence electrons. The number of nitrogens with zero attached hydrogens (tertiary/aromatic N) is 1. The zero-order chi connectivity index (χ0) is 12.8. The number of oxime groups is 1. The lowest BCUT2D eigenvalue weighted by atomic mass is 10.1. The van der Waals surface area contributed by atoms with Crippen LogP contribution in [0.3, 0.4) is 0 Å². The van der Waals surface area contributed by atoms with Crippen LogP contribution in [0.2, 0.25) is 0 Å². The molecule has 0 amide bonds. The van der Waals surface area contributed by atoms with Crippen molar-refractivity contribution in [1.29, 1.82) is 0 Å². The molecule has 0 aromatic heterocycles. The van der Waals surface area contributed by atoms with Crippen LogP contribution < -0.4 is 4.74 Å². The van der Waals surface area contributed by atoms with Gasteiger partial charge in [0.05, 0.1) is 12.3 Å². The van der Waals surface area contributed by atoms with Crippen LogP contribution in [0.5, 0.6) is 5.75 Å². The average Bonchev–Trinajstić information content (AvgIpc) is 2.35. The lowest BCUT2D eigenvalue weighted by Gasteiger charge is -2.14. The van der Waals surface area contributed by atoms with E-state index < -0.39 is 0 Å². The maximum Gasteiger partial charge on any atom is 0.128 e. The maximum absolute atomic E-state index is 8.84. The molecule has 0 bridgehead atoms. The molecule has 0 aliphatic heterocycles. The fraction of sp³-hybridized carbons (Fsp3) is 0.500. The Morgan fingerprint density at radius 2 is 2.18 bits per heavy atom. The molecule has 0 aliphatic rings. The van der Waals surface area contributed by atoms with E-state index in [-0.39, 0.29) is 0 Å². The molecule has 3 nitrogen and oxygen atoms in total. The molecular weight excluding hydrogens is 214 g/mol. The van der Waals surface area contributed by atoms with Gasteiger partial charge >= 0.3 is 0 Å². The lowest BCUT2D eigenvalue weighted by Crippen LogP contribution is -2.10. The maximum atomic E-state index is 8.84. The van der Waals surface area contributed by atoms with Crippen molar-refractivity contribution in [3.8, 4) is 5.75 Å². The van der Waals surface area contributed by atoms with E-state index in [9.17, 15) is 0 Å². The SMILES string of the molecule is CCC(C)COc1cc(C)ccc1/C(C)=N/O. The van der Waals surface area contributed by atoms with Crippen molar-refractivity contribution in [3.63, 3.8) is 0 Å². The molecule has 1 atom stereocenters. The number of hydrogen-bond acceptors (Lipinski definition) is 3. The van der Waals surface area contributed by atoms with Crippen LogP contribution in [0, 0.1) is 12.8 Å². The predicted molar refractivity (Wildman–Crippen MR) is 70.1 cm³/mol. The molecule has 0 saturated heterocycles. The van der Waals surface area contributed by atoms with Gasteiger partial charge in [-0.1, -0.05) is 31.5 Å². The smallest absolute Gasteiger partial charge is 0.128 e. The summed E-state index contributed by atoms with van der Waals surface area (Å²) < 4.78 is 5.80. The summed E-state index contributed by atoms with van der Waals surface area (Å²) in [6.07, 6.45) is 1.09. The van der Waals surface area contributed by atoms with E-state index in [1.54, 1.807) is 6.92 Å². The highest BCUT2D eigenvalue weighted by Crippen LogP contribution is 2.22. The fourth-order valence-electron chi connectivity index (χ4n) is 1.45. The Morgan fingerprint density at radius 3 is 2.76 bits per heavy atom. The van der Waals surface area contributed by atoms with Gasteiger partial charge in [-0.2, -0.15) is 0 Å². The average molecular weight is 235 g/mol. The number of hydrogen-bond donors (Lipinski definition) is 1. The van der Waals surface area contributed by atoms with Gasteiger partial charge < -0.3 is 9.94 Å². The minimum Gasteiger partial charge on any atom is -0.493 e. The van der Waals surface area contributed by atoms with Crippen molar-refractivity contribution >= 4 is 5.71 Å². The summed E-state index contributed by atoms with van der Waals surface area (Å²) in [6, 6.07) is 5.89. The Kier molecular flexibility index (Phi) is 5.01. The van der Waals surface area contributed by atoms with Gasteiger partial charge in [-0.05, 0) is 37.5 Å². The normalized spacial score (nSPS) is 13.5. The van der Waals surface area contributed by atoms with Crippen molar-refractivity contribution in [2.45, 2.75) is 34.1 Å². The molecule has 0 fully saturated rings. The zero-order valence-corrected chi connectivity index (χ0v) is 11.0. The molecule has 0 aliphatic carbocycles. The third-order valence-corrected chi connectivity index (χ3v) is 2.90. The van der Waals surface area contributed by atoms with Crippen LogP contribution in [0.15, 0.2) is 23.4 Å². The van der Waals surface area contributed by atoms with Gasteiger partial charge in [0.15, 0.2) is 0 Å². The Hall–Kier alpha value is -1.51. The van der Waals surface area contributed by atoms with Gasteiger partial charge in [0.25, 0.3) is 0 Å². The Morgan fingerprint density at radius 1 is 1.47 bits per heavy atom. The second kappa shape index (κ2) is 6.28. The van der Waals surface area contributed by atoms with E-state index in [1.807, 2.05) is 25.1 Å². The van der Waals surface area contributed by atoms with Crippen molar-refractivity contribution < 1.29 is 9.94 Å². The quantitative estimate of drug-likeness (QED) is 0.481. The Bertz CT molecular complexity index is 399. The van der Waals surface area contributed by atoms with Gasteiger partial charge in [-0.3, -0.25) is 0 Å². The van der Waals surface area contributed by atoms with E-state index in [1.165, 1.54) is 0 Å². The third-order valence-electron chi connectivity index (χ3n) is 2.90. The first-order valence-electron chi connectivity index (χ1n) is 6.01. The molecule has 17 heavy (non-hydrogen) atoms. The van der Waals surface area contributed by atoms with E-state index in [0.29, 0.717) is 18.2 Å². The van der Waals surface area contributed by atoms with Crippen LogP contribution >= 0.6 is 0 Å². The number of benzene rings is 1. The largest absolute Gasteiger partial charge is 0.493 e. The standard InChI is InChI=1S/C14H21NO2/c1-5-10(2)9-17-14-8-11(3)6-7-13(14)12(4)15-16/h6-8,10,16H,5,9H2,1-4H3/b15-12+. The second-order valence-corrected chi connectivity index (χ2v) is 4.51. The summed E-state index contributed by atoms with van der Waals surface area (Å²) in [7, 11) is 0. The molecule has 1 aromatic carbocycles. The van der Waals surface area contributed by atoms with Crippen LogP contribution in [-0.2, 0) is 0 Å². The predicted octanol–water partition coefficient (Wildman–Crippen LogP) is 3.62. The van der Waals surface area contributed by atoms with Crippen LogP contribution in [0.1, 0.15) is 38.3 Å². The molecular formula is C14H21NO2. The van der Waals surface area contributed by atoms with Crippen molar-refractivity contribution in [3.05, 3.63) is 29.3 Å². The summed E-state index contributed by atoms with van der Waals surface area (Å²) in [5, 5.41) is 12.1. The number of aryl methyl sites for hydroxylation is 1. The summed E-state index contributed by atoms with van der Waals surface area (Å²) in [5.41, 5.74) is 2.56. The molecule has 1 N–H and O–H groups in total. The van der Waals surface area contributed by atoms with E-state index in [0.717, 1.165) is 23.3 Å². The van der Waals surface area contributed by atoms with Gasteiger partial charge in [-0.15, -0.1) is 0 Å². The van der Waals surface area contributed by atoms with Crippen LogP contribution in [0.4, 0.5) is 0 Å². The lowest BCUT2D eigenvalue weighted by molar-refractivity contribution is 0.255. The van der Waals surface area contributed by atoms with Crippen LogP contribution in [0.25, 0.3) is 0 Å². The molecule has 1 unspecified atom stereocenters. The van der Waals surface area contributed by atoms with Crippen molar-refractivity contribution in [2.75, 3.05) is 6.61 Å². The van der Waals surface area contributed by atoms with Crippen LogP contribution in [-0.4, -0.2) is 17.5 Å². The third kappa shape index (κ3) is 3.77. The summed E-state index contributed by atoms with van der Waals surface area (Å²) in [6.45, 7) is 8.77. The zero-order valence-electron chi connectivity index (χ0n) is 11.0. The summed E-state index contributed by atoms with van der Waals surface area (Å²) in [5.74, 6) is 1.32. The highest BCUT2D eigenvalue weighted by molar-refractivity contribution is 6.00. The summed E-state index contributed by atoms with van der Waals surface area (Å²) >= 11 is 0. The molecule has 1 rings (SSSR count). The van der Waals surface area contributed by atoms with Crippen molar-refractivity contribution in [2.24, 2.45) is 11.1 Å². The molecule has 1 aromatic rings.